The summed E-state index contributed by atoms with van der Waals surface area (Å²) in [5.41, 5.74) is 3.91. The minimum absolute atomic E-state index is 0.0894. The van der Waals surface area contributed by atoms with Crippen LogP contribution in [-0.2, 0) is 0 Å². The van der Waals surface area contributed by atoms with E-state index in [1.54, 1.807) is 0 Å². The number of nitrogens with zero attached hydrogens (tertiary/aromatic N) is 3. The molecule has 0 spiro atoms. The molecule has 3 rings (SSSR count). The van der Waals surface area contributed by atoms with Gasteiger partial charge in [-0.2, -0.15) is 0 Å². The molecule has 0 bridgehead atoms. The molecule has 0 N–H and O–H groups in total. The number of amides is 1. The van der Waals surface area contributed by atoms with Gasteiger partial charge in [-0.25, -0.2) is 4.98 Å². The largest absolute Gasteiger partial charge is 0.337 e. The first-order valence-electron chi connectivity index (χ1n) is 9.18. The molecule has 0 saturated carbocycles. The van der Waals surface area contributed by atoms with Gasteiger partial charge in [0.25, 0.3) is 5.91 Å². The summed E-state index contributed by atoms with van der Waals surface area (Å²) in [6.45, 7) is 12.2. The van der Waals surface area contributed by atoms with Crippen LogP contribution < -0.4 is 0 Å². The zero-order valence-electron chi connectivity index (χ0n) is 16.2. The van der Waals surface area contributed by atoms with E-state index in [0.29, 0.717) is 17.5 Å². The van der Waals surface area contributed by atoms with E-state index in [1.807, 2.05) is 20.9 Å². The Balaban J connectivity index is 1.94. The number of rotatable bonds is 6. The molecule has 0 aliphatic carbocycles. The van der Waals surface area contributed by atoms with Gasteiger partial charge in [-0.3, -0.25) is 9.20 Å². The maximum absolute atomic E-state index is 13.2. The first-order valence-corrected chi connectivity index (χ1v) is 10.1. The maximum atomic E-state index is 13.2. The van der Waals surface area contributed by atoms with Crippen molar-refractivity contribution in [3.05, 3.63) is 47.1 Å². The molecule has 1 amide bonds. The van der Waals surface area contributed by atoms with Crippen molar-refractivity contribution >= 4 is 22.2 Å². The van der Waals surface area contributed by atoms with Crippen molar-refractivity contribution in [1.82, 2.24) is 14.3 Å². The highest BCUT2D eigenvalue weighted by Gasteiger charge is 2.22. The van der Waals surface area contributed by atoms with Gasteiger partial charge < -0.3 is 4.90 Å². The van der Waals surface area contributed by atoms with E-state index in [1.165, 1.54) is 16.9 Å². The lowest BCUT2D eigenvalue weighted by Gasteiger charge is -2.26. The van der Waals surface area contributed by atoms with E-state index in [2.05, 4.69) is 58.9 Å². The fourth-order valence-electron chi connectivity index (χ4n) is 3.09. The van der Waals surface area contributed by atoms with Crippen molar-refractivity contribution in [1.29, 1.82) is 0 Å². The number of fused-ring (bicyclic) bond motifs is 1. The van der Waals surface area contributed by atoms with Gasteiger partial charge in [0.15, 0.2) is 4.96 Å². The van der Waals surface area contributed by atoms with Crippen LogP contribution in [0.3, 0.4) is 0 Å². The highest BCUT2D eigenvalue weighted by atomic mass is 32.1. The van der Waals surface area contributed by atoms with Crippen molar-refractivity contribution in [2.75, 3.05) is 13.1 Å². The third-order valence-corrected chi connectivity index (χ3v) is 5.07. The summed E-state index contributed by atoms with van der Waals surface area (Å²) in [6, 6.07) is 8.32. The number of aryl methyl sites for hydroxylation is 1. The Morgan fingerprint density at radius 3 is 2.31 bits per heavy atom. The third kappa shape index (κ3) is 3.98. The van der Waals surface area contributed by atoms with E-state index in [9.17, 15) is 4.79 Å². The van der Waals surface area contributed by atoms with Gasteiger partial charge in [-0.1, -0.05) is 57.5 Å². The summed E-state index contributed by atoms with van der Waals surface area (Å²) in [7, 11) is 0. The molecule has 4 nitrogen and oxygen atoms in total. The topological polar surface area (TPSA) is 37.6 Å². The van der Waals surface area contributed by atoms with Crippen LogP contribution >= 0.6 is 11.3 Å². The van der Waals surface area contributed by atoms with E-state index >= 15 is 0 Å². The van der Waals surface area contributed by atoms with Gasteiger partial charge in [-0.05, 0) is 18.8 Å². The molecule has 2 heterocycles. The quantitative estimate of drug-likeness (QED) is 0.604. The highest BCUT2D eigenvalue weighted by molar-refractivity contribution is 7.15. The van der Waals surface area contributed by atoms with Gasteiger partial charge in [0.05, 0.1) is 5.69 Å². The number of carbonyl (C=O) groups excluding carboxylic acids is 1. The first-order chi connectivity index (χ1) is 12.3. The summed E-state index contributed by atoms with van der Waals surface area (Å²) in [5.74, 6) is 0.974. The van der Waals surface area contributed by atoms with Crippen molar-refractivity contribution in [2.45, 2.75) is 34.6 Å². The Labute approximate surface area is 159 Å². The lowest BCUT2D eigenvalue weighted by Crippen LogP contribution is -2.37. The van der Waals surface area contributed by atoms with Crippen LogP contribution in [0.2, 0.25) is 0 Å². The van der Waals surface area contributed by atoms with Crippen LogP contribution in [0.1, 0.15) is 43.7 Å². The Kier molecular flexibility index (Phi) is 5.47. The zero-order chi connectivity index (χ0) is 18.8. The molecule has 0 aliphatic rings. The molecule has 2 aromatic heterocycles. The summed E-state index contributed by atoms with van der Waals surface area (Å²) < 4.78 is 1.94. The second-order valence-corrected chi connectivity index (χ2v) is 8.60. The smallest absolute Gasteiger partial charge is 0.271 e. The molecule has 138 valence electrons. The number of thiazole rings is 1. The molecule has 0 saturated heterocycles. The number of imidazole rings is 1. The monoisotopic (exact) mass is 369 g/mol. The van der Waals surface area contributed by atoms with E-state index in [0.717, 1.165) is 29.3 Å². The average Bonchev–Trinajstić information content (AvgIpc) is 3.13. The molecule has 5 heteroatoms. The molecule has 0 fully saturated rings. The fourth-order valence-corrected chi connectivity index (χ4v) is 3.93. The van der Waals surface area contributed by atoms with E-state index in [-0.39, 0.29) is 5.91 Å². The molecule has 0 atom stereocenters. The Morgan fingerprint density at radius 2 is 1.73 bits per heavy atom. The highest BCUT2D eigenvalue weighted by Crippen LogP contribution is 2.25. The number of hydrogen-bond acceptors (Lipinski definition) is 3. The van der Waals surface area contributed by atoms with Gasteiger partial charge in [0, 0.05) is 30.2 Å². The van der Waals surface area contributed by atoms with Gasteiger partial charge in [0.1, 0.15) is 5.69 Å². The van der Waals surface area contributed by atoms with Crippen LogP contribution in [0.4, 0.5) is 0 Å². The zero-order valence-corrected chi connectivity index (χ0v) is 17.0. The van der Waals surface area contributed by atoms with Crippen molar-refractivity contribution in [2.24, 2.45) is 11.8 Å². The van der Waals surface area contributed by atoms with Crippen LogP contribution in [0.5, 0.6) is 0 Å². The standard InChI is InChI=1S/C21H27N3OS/c1-14(2)10-23(11-15(3)4)20(25)19-13-26-21-22-18(12-24(19)21)17-8-6-16(5)7-9-17/h6-9,12-15H,10-11H2,1-5H3. The van der Waals surface area contributed by atoms with Crippen LogP contribution in [0, 0.1) is 18.8 Å². The molecule has 3 aromatic rings. The van der Waals surface area contributed by atoms with E-state index in [4.69, 9.17) is 4.98 Å². The molecule has 1 aromatic carbocycles. The summed E-state index contributed by atoms with van der Waals surface area (Å²) in [5, 5.41) is 1.93. The number of benzene rings is 1. The van der Waals surface area contributed by atoms with Crippen LogP contribution in [0.25, 0.3) is 16.2 Å². The molecular weight excluding hydrogens is 342 g/mol. The summed E-state index contributed by atoms with van der Waals surface area (Å²) in [6.07, 6.45) is 1.98. The number of carbonyl (C=O) groups is 1. The molecule has 0 aliphatic heterocycles. The fraction of sp³-hybridized carbons (Fsp3) is 0.429. The summed E-state index contributed by atoms with van der Waals surface area (Å²) in [4.78, 5) is 20.7. The van der Waals surface area contributed by atoms with Crippen molar-refractivity contribution in [3.8, 4) is 11.3 Å². The van der Waals surface area contributed by atoms with Crippen LogP contribution in [-0.4, -0.2) is 33.3 Å². The first kappa shape index (κ1) is 18.6. The average molecular weight is 370 g/mol. The van der Waals surface area contributed by atoms with Gasteiger partial charge >= 0.3 is 0 Å². The third-order valence-electron chi connectivity index (χ3n) is 4.23. The molecule has 26 heavy (non-hydrogen) atoms. The van der Waals surface area contributed by atoms with Gasteiger partial charge in [0.2, 0.25) is 0 Å². The predicted molar refractivity (Wildman–Crippen MR) is 109 cm³/mol. The molecule has 0 unspecified atom stereocenters. The Morgan fingerprint density at radius 1 is 1.12 bits per heavy atom. The van der Waals surface area contributed by atoms with Gasteiger partial charge in [-0.15, -0.1) is 11.3 Å². The number of aromatic nitrogens is 2. The normalized spacial score (nSPS) is 11.7. The van der Waals surface area contributed by atoms with Crippen LogP contribution in [0.15, 0.2) is 35.8 Å². The minimum atomic E-state index is 0.0894. The second-order valence-electron chi connectivity index (χ2n) is 7.76. The lowest BCUT2D eigenvalue weighted by molar-refractivity contribution is 0.0708. The predicted octanol–water partition coefficient (Wildman–Crippen LogP) is 5.13. The summed E-state index contributed by atoms with van der Waals surface area (Å²) >= 11 is 1.52. The number of hydrogen-bond donors (Lipinski definition) is 0. The SMILES string of the molecule is Cc1ccc(-c2cn3c(C(=O)N(CC(C)C)CC(C)C)csc3n2)cc1. The minimum Gasteiger partial charge on any atom is -0.337 e. The van der Waals surface area contributed by atoms with Crippen molar-refractivity contribution in [3.63, 3.8) is 0 Å². The maximum Gasteiger partial charge on any atom is 0.271 e. The van der Waals surface area contributed by atoms with Crippen molar-refractivity contribution < 1.29 is 4.79 Å². The Hall–Kier alpha value is -2.14. The Bertz CT molecular complexity index is 880. The molecular formula is C21H27N3OS. The van der Waals surface area contributed by atoms with E-state index < -0.39 is 0 Å². The lowest BCUT2D eigenvalue weighted by atomic mass is 10.1. The second kappa shape index (κ2) is 7.62. The molecule has 0 radical (unpaired) electrons.